The number of nitrogens with one attached hydrogen (secondary N) is 1. The SMILES string of the molecule is Cc1ccc(F)cc1OCCC(=O)N1CCNCC1. The molecule has 1 aromatic carbocycles. The number of carbonyl (C=O) groups excluding carboxylic acids is 1. The van der Waals surface area contributed by atoms with Gasteiger partial charge < -0.3 is 15.0 Å². The molecule has 0 bridgehead atoms. The molecular weight excluding hydrogens is 247 g/mol. The molecular formula is C14H19FN2O2. The van der Waals surface area contributed by atoms with E-state index < -0.39 is 0 Å². The molecule has 0 unspecified atom stereocenters. The van der Waals surface area contributed by atoms with Crippen LogP contribution in [0.4, 0.5) is 4.39 Å². The van der Waals surface area contributed by atoms with Crippen molar-refractivity contribution in [1.82, 2.24) is 10.2 Å². The Balaban J connectivity index is 1.79. The largest absolute Gasteiger partial charge is 0.493 e. The summed E-state index contributed by atoms with van der Waals surface area (Å²) in [5.41, 5.74) is 0.871. The zero-order valence-electron chi connectivity index (χ0n) is 11.1. The molecule has 0 radical (unpaired) electrons. The number of amides is 1. The summed E-state index contributed by atoms with van der Waals surface area (Å²) in [4.78, 5) is 13.7. The van der Waals surface area contributed by atoms with Crippen molar-refractivity contribution in [3.05, 3.63) is 29.6 Å². The van der Waals surface area contributed by atoms with Crippen molar-refractivity contribution >= 4 is 5.91 Å². The zero-order chi connectivity index (χ0) is 13.7. The van der Waals surface area contributed by atoms with Gasteiger partial charge in [0.2, 0.25) is 5.91 Å². The molecule has 19 heavy (non-hydrogen) atoms. The number of aryl methyl sites for hydroxylation is 1. The van der Waals surface area contributed by atoms with Gasteiger partial charge >= 0.3 is 0 Å². The Morgan fingerprint density at radius 3 is 2.89 bits per heavy atom. The van der Waals surface area contributed by atoms with Crippen LogP contribution in [0.15, 0.2) is 18.2 Å². The summed E-state index contributed by atoms with van der Waals surface area (Å²) in [6, 6.07) is 4.42. The van der Waals surface area contributed by atoms with Gasteiger partial charge in [0.15, 0.2) is 0 Å². The number of nitrogens with zero attached hydrogens (tertiary/aromatic N) is 1. The lowest BCUT2D eigenvalue weighted by Crippen LogP contribution is -2.46. The van der Waals surface area contributed by atoms with Crippen LogP contribution in [0.2, 0.25) is 0 Å². The van der Waals surface area contributed by atoms with Gasteiger partial charge in [-0.3, -0.25) is 4.79 Å². The van der Waals surface area contributed by atoms with Gasteiger partial charge in [-0.25, -0.2) is 4.39 Å². The van der Waals surface area contributed by atoms with Crippen molar-refractivity contribution in [3.63, 3.8) is 0 Å². The minimum atomic E-state index is -0.325. The number of piperazine rings is 1. The van der Waals surface area contributed by atoms with E-state index in [0.717, 1.165) is 31.7 Å². The first-order chi connectivity index (χ1) is 9.16. The summed E-state index contributed by atoms with van der Waals surface area (Å²) in [5.74, 6) is 0.276. The molecule has 1 saturated heterocycles. The van der Waals surface area contributed by atoms with Crippen LogP contribution in [-0.2, 0) is 4.79 Å². The molecule has 0 spiro atoms. The van der Waals surface area contributed by atoms with Gasteiger partial charge in [0.05, 0.1) is 13.0 Å². The van der Waals surface area contributed by atoms with E-state index in [1.54, 1.807) is 6.07 Å². The summed E-state index contributed by atoms with van der Waals surface area (Å²) in [5, 5.41) is 3.20. The number of rotatable bonds is 4. The molecule has 0 saturated carbocycles. The van der Waals surface area contributed by atoms with Crippen LogP contribution in [0.3, 0.4) is 0 Å². The van der Waals surface area contributed by atoms with Gasteiger partial charge in [0.1, 0.15) is 11.6 Å². The Kier molecular flexibility index (Phi) is 4.74. The van der Waals surface area contributed by atoms with E-state index in [-0.39, 0.29) is 18.3 Å². The lowest BCUT2D eigenvalue weighted by Gasteiger charge is -2.27. The Bertz CT molecular complexity index is 445. The highest BCUT2D eigenvalue weighted by atomic mass is 19.1. The lowest BCUT2D eigenvalue weighted by atomic mass is 10.2. The van der Waals surface area contributed by atoms with E-state index in [0.29, 0.717) is 12.2 Å². The number of ether oxygens (including phenoxy) is 1. The van der Waals surface area contributed by atoms with Crippen molar-refractivity contribution in [3.8, 4) is 5.75 Å². The van der Waals surface area contributed by atoms with Crippen LogP contribution in [0, 0.1) is 12.7 Å². The van der Waals surface area contributed by atoms with E-state index >= 15 is 0 Å². The van der Waals surface area contributed by atoms with E-state index in [1.165, 1.54) is 12.1 Å². The first-order valence-corrected chi connectivity index (χ1v) is 6.54. The minimum absolute atomic E-state index is 0.0931. The van der Waals surface area contributed by atoms with Crippen molar-refractivity contribution in [1.29, 1.82) is 0 Å². The van der Waals surface area contributed by atoms with Gasteiger partial charge in [-0.05, 0) is 18.6 Å². The molecule has 4 nitrogen and oxygen atoms in total. The van der Waals surface area contributed by atoms with Crippen molar-refractivity contribution < 1.29 is 13.9 Å². The molecule has 2 rings (SSSR count). The molecule has 5 heteroatoms. The molecule has 104 valence electrons. The average Bonchev–Trinajstić information content (AvgIpc) is 2.43. The van der Waals surface area contributed by atoms with Crippen LogP contribution in [0.5, 0.6) is 5.75 Å². The van der Waals surface area contributed by atoms with Gasteiger partial charge in [-0.15, -0.1) is 0 Å². The second-order valence-electron chi connectivity index (χ2n) is 4.64. The normalized spacial score (nSPS) is 15.4. The summed E-state index contributed by atoms with van der Waals surface area (Å²) in [6.45, 7) is 5.32. The molecule has 1 heterocycles. The molecule has 1 aromatic rings. The summed E-state index contributed by atoms with van der Waals surface area (Å²) in [6.07, 6.45) is 0.329. The molecule has 1 N–H and O–H groups in total. The first kappa shape index (κ1) is 13.8. The second-order valence-corrected chi connectivity index (χ2v) is 4.64. The van der Waals surface area contributed by atoms with Crippen LogP contribution in [-0.4, -0.2) is 43.6 Å². The van der Waals surface area contributed by atoms with Crippen LogP contribution in [0.1, 0.15) is 12.0 Å². The number of halogens is 1. The van der Waals surface area contributed by atoms with Gasteiger partial charge in [-0.1, -0.05) is 6.07 Å². The quantitative estimate of drug-likeness (QED) is 0.894. The van der Waals surface area contributed by atoms with E-state index in [2.05, 4.69) is 5.32 Å². The van der Waals surface area contributed by atoms with Gasteiger partial charge in [0.25, 0.3) is 0 Å². The highest BCUT2D eigenvalue weighted by molar-refractivity contribution is 5.76. The molecule has 0 aliphatic carbocycles. The number of hydrogen-bond donors (Lipinski definition) is 1. The lowest BCUT2D eigenvalue weighted by molar-refractivity contribution is -0.132. The minimum Gasteiger partial charge on any atom is -0.493 e. The predicted octanol–water partition coefficient (Wildman–Crippen LogP) is 1.33. The van der Waals surface area contributed by atoms with Crippen LogP contribution in [0.25, 0.3) is 0 Å². The molecule has 1 aliphatic rings. The Morgan fingerprint density at radius 2 is 2.16 bits per heavy atom. The Morgan fingerprint density at radius 1 is 1.42 bits per heavy atom. The van der Waals surface area contributed by atoms with Crippen molar-refractivity contribution in [2.45, 2.75) is 13.3 Å². The van der Waals surface area contributed by atoms with Crippen LogP contribution < -0.4 is 10.1 Å². The molecule has 0 atom stereocenters. The maximum Gasteiger partial charge on any atom is 0.226 e. The third-order valence-electron chi connectivity index (χ3n) is 3.19. The maximum atomic E-state index is 13.1. The molecule has 1 aliphatic heterocycles. The fraction of sp³-hybridized carbons (Fsp3) is 0.500. The van der Waals surface area contributed by atoms with E-state index in [4.69, 9.17) is 4.74 Å². The number of benzene rings is 1. The van der Waals surface area contributed by atoms with E-state index in [9.17, 15) is 9.18 Å². The molecule has 1 amide bonds. The van der Waals surface area contributed by atoms with Crippen LogP contribution >= 0.6 is 0 Å². The zero-order valence-corrected chi connectivity index (χ0v) is 11.1. The second kappa shape index (κ2) is 6.52. The Hall–Kier alpha value is -1.62. The van der Waals surface area contributed by atoms with Gasteiger partial charge in [0, 0.05) is 32.2 Å². The average molecular weight is 266 g/mol. The fourth-order valence-electron chi connectivity index (χ4n) is 2.05. The fourth-order valence-corrected chi connectivity index (χ4v) is 2.05. The monoisotopic (exact) mass is 266 g/mol. The number of hydrogen-bond acceptors (Lipinski definition) is 3. The maximum absolute atomic E-state index is 13.1. The third kappa shape index (κ3) is 3.92. The molecule has 1 fully saturated rings. The highest BCUT2D eigenvalue weighted by Crippen LogP contribution is 2.18. The first-order valence-electron chi connectivity index (χ1n) is 6.54. The van der Waals surface area contributed by atoms with Crippen molar-refractivity contribution in [2.24, 2.45) is 0 Å². The third-order valence-corrected chi connectivity index (χ3v) is 3.19. The smallest absolute Gasteiger partial charge is 0.226 e. The highest BCUT2D eigenvalue weighted by Gasteiger charge is 2.15. The van der Waals surface area contributed by atoms with Crippen molar-refractivity contribution in [2.75, 3.05) is 32.8 Å². The van der Waals surface area contributed by atoms with Gasteiger partial charge in [-0.2, -0.15) is 0 Å². The Labute approximate surface area is 112 Å². The van der Waals surface area contributed by atoms with E-state index in [1.807, 2.05) is 11.8 Å². The predicted molar refractivity (Wildman–Crippen MR) is 70.7 cm³/mol. The molecule has 0 aromatic heterocycles. The summed E-state index contributed by atoms with van der Waals surface area (Å²) in [7, 11) is 0. The number of carbonyl (C=O) groups is 1. The topological polar surface area (TPSA) is 41.6 Å². The summed E-state index contributed by atoms with van der Waals surface area (Å²) < 4.78 is 18.5. The summed E-state index contributed by atoms with van der Waals surface area (Å²) >= 11 is 0. The standard InChI is InChI=1S/C14H19FN2O2/c1-11-2-3-12(15)10-13(11)19-9-4-14(18)17-7-5-16-6-8-17/h2-3,10,16H,4-9H2,1H3.